The molecule has 0 saturated carbocycles. The van der Waals surface area contributed by atoms with Gasteiger partial charge in [0.1, 0.15) is 0 Å². The molecule has 0 bridgehead atoms. The summed E-state index contributed by atoms with van der Waals surface area (Å²) in [4.78, 5) is 12.5. The lowest BCUT2D eigenvalue weighted by molar-refractivity contribution is -0.117. The first-order chi connectivity index (χ1) is 11.5. The zero-order valence-corrected chi connectivity index (χ0v) is 13.5. The molecule has 0 aliphatic rings. The summed E-state index contributed by atoms with van der Waals surface area (Å²) in [5.41, 5.74) is 1.26. The van der Waals surface area contributed by atoms with Gasteiger partial charge in [-0.3, -0.25) is 4.79 Å². The van der Waals surface area contributed by atoms with E-state index in [9.17, 15) is 13.6 Å². The fraction of sp³-hybridized carbons (Fsp3) is 0.278. The number of amides is 1. The Hall–Kier alpha value is -2.63. The fourth-order valence-electron chi connectivity index (χ4n) is 2.43. The van der Waals surface area contributed by atoms with Gasteiger partial charge in [-0.25, -0.2) is 0 Å². The second kappa shape index (κ2) is 8.29. The van der Waals surface area contributed by atoms with Crippen molar-refractivity contribution in [2.24, 2.45) is 0 Å². The Labute approximate surface area is 139 Å². The molecule has 0 radical (unpaired) electrons. The normalized spacial score (nSPS) is 11.9. The molecule has 0 saturated heterocycles. The van der Waals surface area contributed by atoms with E-state index in [1.54, 1.807) is 6.07 Å². The van der Waals surface area contributed by atoms with Crippen LogP contribution in [-0.4, -0.2) is 19.6 Å². The molecule has 0 heterocycles. The third-order valence-corrected chi connectivity index (χ3v) is 3.57. The van der Waals surface area contributed by atoms with Gasteiger partial charge in [0.25, 0.3) is 0 Å². The summed E-state index contributed by atoms with van der Waals surface area (Å²) >= 11 is 0. The standard InChI is InChI=1S/C18H19F2NO3/c1-3-14(12-7-5-4-6-8-12)17(22)21-13-9-10-15(23-2)16(11-13)24-18(19)20/h4-11,14,18H,3H2,1-2H3,(H,21,22). The summed E-state index contributed by atoms with van der Waals surface area (Å²) in [5, 5.41) is 2.74. The first-order valence-electron chi connectivity index (χ1n) is 7.53. The minimum atomic E-state index is -2.97. The van der Waals surface area contributed by atoms with Crippen LogP contribution in [0.1, 0.15) is 24.8 Å². The molecule has 4 nitrogen and oxygen atoms in total. The van der Waals surface area contributed by atoms with Crippen LogP contribution in [0.25, 0.3) is 0 Å². The Morgan fingerprint density at radius 1 is 1.12 bits per heavy atom. The molecule has 2 rings (SSSR count). The molecule has 2 aromatic carbocycles. The monoisotopic (exact) mass is 335 g/mol. The summed E-state index contributed by atoms with van der Waals surface area (Å²) in [6, 6.07) is 13.7. The van der Waals surface area contributed by atoms with Crippen LogP contribution in [0.15, 0.2) is 48.5 Å². The molecule has 1 amide bonds. The molecular formula is C18H19F2NO3. The highest BCUT2D eigenvalue weighted by molar-refractivity contribution is 5.96. The van der Waals surface area contributed by atoms with Gasteiger partial charge in [-0.1, -0.05) is 37.3 Å². The second-order valence-corrected chi connectivity index (χ2v) is 5.10. The summed E-state index contributed by atoms with van der Waals surface area (Å²) < 4.78 is 34.3. The van der Waals surface area contributed by atoms with Crippen molar-refractivity contribution in [2.45, 2.75) is 25.9 Å². The molecule has 6 heteroatoms. The molecule has 1 atom stereocenters. The van der Waals surface area contributed by atoms with Crippen molar-refractivity contribution in [1.82, 2.24) is 0 Å². The Balaban J connectivity index is 2.18. The smallest absolute Gasteiger partial charge is 0.387 e. The van der Waals surface area contributed by atoms with Gasteiger partial charge in [-0.05, 0) is 24.1 Å². The van der Waals surface area contributed by atoms with Gasteiger partial charge in [-0.2, -0.15) is 8.78 Å². The minimum absolute atomic E-state index is 0.127. The molecule has 1 N–H and O–H groups in total. The van der Waals surface area contributed by atoms with E-state index in [1.165, 1.54) is 19.2 Å². The van der Waals surface area contributed by atoms with E-state index in [-0.39, 0.29) is 23.3 Å². The lowest BCUT2D eigenvalue weighted by atomic mass is 9.95. The molecule has 1 unspecified atom stereocenters. The Bertz CT molecular complexity index is 677. The van der Waals surface area contributed by atoms with Crippen LogP contribution in [0.3, 0.4) is 0 Å². The van der Waals surface area contributed by atoms with E-state index < -0.39 is 6.61 Å². The lowest BCUT2D eigenvalue weighted by Gasteiger charge is -2.17. The number of hydrogen-bond donors (Lipinski definition) is 1. The number of ether oxygens (including phenoxy) is 2. The van der Waals surface area contributed by atoms with E-state index >= 15 is 0 Å². The summed E-state index contributed by atoms with van der Waals surface area (Å²) in [7, 11) is 1.36. The number of hydrogen-bond acceptors (Lipinski definition) is 3. The number of anilines is 1. The maximum absolute atomic E-state index is 12.5. The lowest BCUT2D eigenvalue weighted by Crippen LogP contribution is -2.20. The highest BCUT2D eigenvalue weighted by atomic mass is 19.3. The number of carbonyl (C=O) groups is 1. The van der Waals surface area contributed by atoms with Gasteiger partial charge in [-0.15, -0.1) is 0 Å². The first-order valence-corrected chi connectivity index (χ1v) is 7.53. The molecule has 2 aromatic rings. The van der Waals surface area contributed by atoms with E-state index in [0.29, 0.717) is 12.1 Å². The van der Waals surface area contributed by atoms with E-state index in [2.05, 4.69) is 10.1 Å². The number of benzene rings is 2. The van der Waals surface area contributed by atoms with Gasteiger partial charge in [0, 0.05) is 11.8 Å². The van der Waals surface area contributed by atoms with Gasteiger partial charge in [0.2, 0.25) is 5.91 Å². The van der Waals surface area contributed by atoms with E-state index in [0.717, 1.165) is 5.56 Å². The fourth-order valence-corrected chi connectivity index (χ4v) is 2.43. The van der Waals surface area contributed by atoms with Crippen molar-refractivity contribution in [1.29, 1.82) is 0 Å². The molecule has 0 aromatic heterocycles. The van der Waals surface area contributed by atoms with Gasteiger partial charge in [0.05, 0.1) is 13.0 Å². The average Bonchev–Trinajstić information content (AvgIpc) is 2.56. The van der Waals surface area contributed by atoms with Crippen LogP contribution in [0, 0.1) is 0 Å². The zero-order chi connectivity index (χ0) is 17.5. The number of halogens is 2. The number of rotatable bonds is 7. The predicted molar refractivity (Wildman–Crippen MR) is 87.7 cm³/mol. The summed E-state index contributed by atoms with van der Waals surface area (Å²) in [6.45, 7) is -1.06. The third kappa shape index (κ3) is 4.44. The maximum atomic E-state index is 12.5. The number of nitrogens with one attached hydrogen (secondary N) is 1. The van der Waals surface area contributed by atoms with Gasteiger partial charge < -0.3 is 14.8 Å². The van der Waals surface area contributed by atoms with Crippen molar-refractivity contribution < 1.29 is 23.0 Å². The molecular weight excluding hydrogens is 316 g/mol. The van der Waals surface area contributed by atoms with Crippen LogP contribution in [-0.2, 0) is 4.79 Å². The third-order valence-electron chi connectivity index (χ3n) is 3.57. The van der Waals surface area contributed by atoms with Crippen molar-refractivity contribution in [3.63, 3.8) is 0 Å². The van der Waals surface area contributed by atoms with Crippen LogP contribution in [0.4, 0.5) is 14.5 Å². The van der Waals surface area contributed by atoms with Crippen molar-refractivity contribution >= 4 is 11.6 Å². The molecule has 0 aliphatic heterocycles. The first kappa shape index (κ1) is 17.7. The summed E-state index contributed by atoms with van der Waals surface area (Å²) in [5.74, 6) is -0.494. The zero-order valence-electron chi connectivity index (χ0n) is 13.5. The number of methoxy groups -OCH3 is 1. The molecule has 0 spiro atoms. The minimum Gasteiger partial charge on any atom is -0.493 e. The Morgan fingerprint density at radius 3 is 2.42 bits per heavy atom. The molecule has 24 heavy (non-hydrogen) atoms. The van der Waals surface area contributed by atoms with Gasteiger partial charge in [0.15, 0.2) is 11.5 Å². The van der Waals surface area contributed by atoms with Crippen molar-refractivity contribution in [3.8, 4) is 11.5 Å². The Kier molecular flexibility index (Phi) is 6.12. The average molecular weight is 335 g/mol. The number of alkyl halides is 2. The quantitative estimate of drug-likeness (QED) is 0.814. The summed E-state index contributed by atoms with van der Waals surface area (Å²) in [6.07, 6.45) is 0.617. The SMILES string of the molecule is CCC(C(=O)Nc1ccc(OC)c(OC(F)F)c1)c1ccccc1. The van der Waals surface area contributed by atoms with E-state index in [1.807, 2.05) is 37.3 Å². The predicted octanol–water partition coefficient (Wildman–Crippen LogP) is 4.43. The van der Waals surface area contributed by atoms with Crippen LogP contribution >= 0.6 is 0 Å². The van der Waals surface area contributed by atoms with Crippen molar-refractivity contribution in [3.05, 3.63) is 54.1 Å². The molecule has 0 aliphatic carbocycles. The van der Waals surface area contributed by atoms with Gasteiger partial charge >= 0.3 is 6.61 Å². The molecule has 128 valence electrons. The highest BCUT2D eigenvalue weighted by Crippen LogP contribution is 2.32. The highest BCUT2D eigenvalue weighted by Gasteiger charge is 2.19. The van der Waals surface area contributed by atoms with Crippen LogP contribution in [0.2, 0.25) is 0 Å². The largest absolute Gasteiger partial charge is 0.493 e. The van der Waals surface area contributed by atoms with Crippen molar-refractivity contribution in [2.75, 3.05) is 12.4 Å². The topological polar surface area (TPSA) is 47.6 Å². The number of carbonyl (C=O) groups excluding carboxylic acids is 1. The maximum Gasteiger partial charge on any atom is 0.387 e. The second-order valence-electron chi connectivity index (χ2n) is 5.10. The Morgan fingerprint density at radius 2 is 1.83 bits per heavy atom. The van der Waals surface area contributed by atoms with Crippen LogP contribution < -0.4 is 14.8 Å². The van der Waals surface area contributed by atoms with Crippen LogP contribution in [0.5, 0.6) is 11.5 Å². The van der Waals surface area contributed by atoms with E-state index in [4.69, 9.17) is 4.74 Å². The molecule has 0 fully saturated rings.